The van der Waals surface area contributed by atoms with E-state index in [2.05, 4.69) is 20.7 Å². The number of aliphatic hydroxyl groups excluding tert-OH is 1. The van der Waals surface area contributed by atoms with Gasteiger partial charge in [-0.15, -0.1) is 0 Å². The second-order valence-electron chi connectivity index (χ2n) is 8.56. The molecule has 9 nitrogen and oxygen atoms in total. The Bertz CT molecular complexity index is 1120. The third-order valence-corrected chi connectivity index (χ3v) is 5.52. The Morgan fingerprint density at radius 3 is 2.56 bits per heavy atom. The molecule has 192 valence electrons. The number of nitrogens with one attached hydrogen (secondary N) is 2. The number of aliphatic hydroxyl groups is 1. The van der Waals surface area contributed by atoms with Crippen LogP contribution in [0.25, 0.3) is 4.85 Å². The normalized spacial score (nSPS) is 14.0. The minimum absolute atomic E-state index is 0.0926. The van der Waals surface area contributed by atoms with E-state index in [4.69, 9.17) is 32.4 Å². The quantitative estimate of drug-likeness (QED) is 0.274. The number of benzene rings is 2. The molecule has 0 unspecified atom stereocenters. The molecule has 0 saturated carbocycles. The molecule has 0 bridgehead atoms. The van der Waals surface area contributed by atoms with Crippen LogP contribution in [0.15, 0.2) is 41.5 Å². The summed E-state index contributed by atoms with van der Waals surface area (Å²) in [5.41, 5.74) is 4.44. The molecule has 2 aromatic carbocycles. The third-order valence-electron chi connectivity index (χ3n) is 5.23. The average Bonchev–Trinajstić information content (AvgIpc) is 2.87. The monoisotopic (exact) mass is 514 g/mol. The summed E-state index contributed by atoms with van der Waals surface area (Å²) in [4.78, 5) is 14.8. The van der Waals surface area contributed by atoms with Crippen LogP contribution in [0, 0.1) is 6.57 Å². The van der Waals surface area contributed by atoms with Crippen molar-refractivity contribution in [2.75, 3.05) is 26.4 Å². The standard InChI is InChI=1S/C26H31ClN4O5/c1-17(2)29-15-19(32)16-36-20-6-9-25(23(14-20)28-3)35-12-4-11-34-24-8-5-18(13-21(24)27)22-7-10-26(33)31-30-22/h5-6,8-9,13-14,17,19,29,32H,4,7,10-12,15-16H2,1-2H3,(H,31,33)/t19-/m0/s1. The summed E-state index contributed by atoms with van der Waals surface area (Å²) in [6.45, 7) is 12.7. The van der Waals surface area contributed by atoms with Gasteiger partial charge in [-0.05, 0) is 42.0 Å². The highest BCUT2D eigenvalue weighted by atomic mass is 35.5. The molecule has 1 atom stereocenters. The zero-order valence-electron chi connectivity index (χ0n) is 20.4. The Labute approximate surface area is 216 Å². The molecule has 1 heterocycles. The van der Waals surface area contributed by atoms with Crippen molar-refractivity contribution in [1.29, 1.82) is 0 Å². The number of carbonyl (C=O) groups excluding carboxylic acids is 1. The highest BCUT2D eigenvalue weighted by Gasteiger charge is 2.15. The molecule has 3 N–H and O–H groups in total. The van der Waals surface area contributed by atoms with Crippen LogP contribution < -0.4 is 25.0 Å². The van der Waals surface area contributed by atoms with Gasteiger partial charge in [0.25, 0.3) is 0 Å². The summed E-state index contributed by atoms with van der Waals surface area (Å²) in [7, 11) is 0. The number of halogens is 1. The van der Waals surface area contributed by atoms with E-state index >= 15 is 0 Å². The van der Waals surface area contributed by atoms with E-state index in [1.54, 1.807) is 30.3 Å². The summed E-state index contributed by atoms with van der Waals surface area (Å²) in [5.74, 6) is 1.42. The summed E-state index contributed by atoms with van der Waals surface area (Å²) in [6, 6.07) is 10.7. The first-order valence-electron chi connectivity index (χ1n) is 11.8. The molecular formula is C26H31ClN4O5. The van der Waals surface area contributed by atoms with E-state index in [-0.39, 0.29) is 18.6 Å². The first kappa shape index (κ1) is 27.3. The van der Waals surface area contributed by atoms with Gasteiger partial charge in [0.2, 0.25) is 11.6 Å². The van der Waals surface area contributed by atoms with Crippen LogP contribution in [0.2, 0.25) is 5.02 Å². The molecule has 0 fully saturated rings. The maximum atomic E-state index is 11.3. The van der Waals surface area contributed by atoms with Gasteiger partial charge in [0.15, 0.2) is 0 Å². The number of carbonyl (C=O) groups is 1. The molecule has 2 aromatic rings. The van der Waals surface area contributed by atoms with Gasteiger partial charge in [0, 0.05) is 31.8 Å². The van der Waals surface area contributed by atoms with Crippen LogP contribution in [0.3, 0.4) is 0 Å². The molecule has 0 aromatic heterocycles. The Kier molecular flexibility index (Phi) is 10.4. The lowest BCUT2D eigenvalue weighted by molar-refractivity contribution is -0.121. The molecule has 0 spiro atoms. The Morgan fingerprint density at radius 2 is 1.89 bits per heavy atom. The number of nitrogens with zero attached hydrogens (tertiary/aromatic N) is 2. The lowest BCUT2D eigenvalue weighted by atomic mass is 10.0. The minimum atomic E-state index is -0.645. The van der Waals surface area contributed by atoms with Crippen molar-refractivity contribution < 1.29 is 24.1 Å². The summed E-state index contributed by atoms with van der Waals surface area (Å²) >= 11 is 6.35. The van der Waals surface area contributed by atoms with Crippen LogP contribution in [0.1, 0.15) is 38.7 Å². The zero-order chi connectivity index (χ0) is 25.9. The molecular weight excluding hydrogens is 484 g/mol. The second kappa shape index (κ2) is 13.7. The fraction of sp³-hybridized carbons (Fsp3) is 0.423. The molecule has 10 heteroatoms. The Morgan fingerprint density at radius 1 is 1.14 bits per heavy atom. The summed E-state index contributed by atoms with van der Waals surface area (Å²) in [6.07, 6.45) is 0.908. The predicted octanol–water partition coefficient (Wildman–Crippen LogP) is 4.09. The van der Waals surface area contributed by atoms with E-state index < -0.39 is 6.10 Å². The average molecular weight is 515 g/mol. The van der Waals surface area contributed by atoms with E-state index in [0.29, 0.717) is 67.0 Å². The molecule has 1 amide bonds. The Hall–Kier alpha value is -3.32. The number of amides is 1. The van der Waals surface area contributed by atoms with E-state index in [1.165, 1.54) is 0 Å². The van der Waals surface area contributed by atoms with Gasteiger partial charge in [0.1, 0.15) is 30.0 Å². The first-order chi connectivity index (χ1) is 17.4. The van der Waals surface area contributed by atoms with Crippen molar-refractivity contribution in [2.24, 2.45) is 5.10 Å². The van der Waals surface area contributed by atoms with Crippen molar-refractivity contribution in [2.45, 2.75) is 45.3 Å². The number of hydrogen-bond acceptors (Lipinski definition) is 7. The fourth-order valence-corrected chi connectivity index (χ4v) is 3.56. The fourth-order valence-electron chi connectivity index (χ4n) is 3.32. The molecule has 0 aliphatic carbocycles. The second-order valence-corrected chi connectivity index (χ2v) is 8.97. The van der Waals surface area contributed by atoms with Crippen molar-refractivity contribution in [3.8, 4) is 17.2 Å². The number of rotatable bonds is 13. The van der Waals surface area contributed by atoms with Gasteiger partial charge < -0.3 is 24.6 Å². The summed E-state index contributed by atoms with van der Waals surface area (Å²) < 4.78 is 17.1. The van der Waals surface area contributed by atoms with Crippen LogP contribution in [0.4, 0.5) is 5.69 Å². The SMILES string of the molecule is [C-]#[N+]c1cc(OC[C@@H](O)CNC(C)C)ccc1OCCCOc1ccc(C2=NNC(=O)CC2)cc1Cl. The predicted molar refractivity (Wildman–Crippen MR) is 138 cm³/mol. The van der Waals surface area contributed by atoms with Crippen LogP contribution >= 0.6 is 11.6 Å². The number of hydrogen-bond donors (Lipinski definition) is 3. The Balaban J connectivity index is 1.42. The van der Waals surface area contributed by atoms with Gasteiger partial charge in [-0.2, -0.15) is 5.10 Å². The maximum Gasteiger partial charge on any atom is 0.240 e. The molecule has 0 saturated heterocycles. The first-order valence-corrected chi connectivity index (χ1v) is 12.2. The van der Waals surface area contributed by atoms with Crippen molar-refractivity contribution in [1.82, 2.24) is 10.7 Å². The topological polar surface area (TPSA) is 106 Å². The van der Waals surface area contributed by atoms with Gasteiger partial charge in [0.05, 0.1) is 30.5 Å². The lowest BCUT2D eigenvalue weighted by Crippen LogP contribution is -2.35. The largest absolute Gasteiger partial charge is 0.504 e. The molecule has 1 aliphatic heterocycles. The molecule has 3 rings (SSSR count). The van der Waals surface area contributed by atoms with Crippen molar-refractivity contribution in [3.05, 3.63) is 58.4 Å². The van der Waals surface area contributed by atoms with Gasteiger partial charge in [-0.1, -0.05) is 25.4 Å². The van der Waals surface area contributed by atoms with Gasteiger partial charge in [-0.3, -0.25) is 4.79 Å². The van der Waals surface area contributed by atoms with Crippen molar-refractivity contribution >= 4 is 28.9 Å². The van der Waals surface area contributed by atoms with Crippen molar-refractivity contribution in [3.63, 3.8) is 0 Å². The van der Waals surface area contributed by atoms with E-state index in [0.717, 1.165) is 11.3 Å². The number of ether oxygens (including phenoxy) is 3. The summed E-state index contributed by atoms with van der Waals surface area (Å²) in [5, 5.41) is 17.7. The van der Waals surface area contributed by atoms with Gasteiger partial charge >= 0.3 is 0 Å². The highest BCUT2D eigenvalue weighted by Crippen LogP contribution is 2.32. The smallest absolute Gasteiger partial charge is 0.240 e. The van der Waals surface area contributed by atoms with Crippen LogP contribution in [-0.2, 0) is 4.79 Å². The minimum Gasteiger partial charge on any atom is -0.504 e. The third kappa shape index (κ3) is 8.41. The lowest BCUT2D eigenvalue weighted by Gasteiger charge is -2.16. The number of hydrazone groups is 1. The van der Waals surface area contributed by atoms with E-state index in [9.17, 15) is 9.90 Å². The maximum absolute atomic E-state index is 11.3. The molecule has 1 aliphatic rings. The highest BCUT2D eigenvalue weighted by molar-refractivity contribution is 6.32. The van der Waals surface area contributed by atoms with Gasteiger partial charge in [-0.25, -0.2) is 10.3 Å². The zero-order valence-corrected chi connectivity index (χ0v) is 21.2. The molecule has 36 heavy (non-hydrogen) atoms. The molecule has 0 radical (unpaired) electrons. The van der Waals surface area contributed by atoms with E-state index in [1.807, 2.05) is 19.9 Å². The van der Waals surface area contributed by atoms with Crippen LogP contribution in [0.5, 0.6) is 17.2 Å². The van der Waals surface area contributed by atoms with Crippen LogP contribution in [-0.4, -0.2) is 55.2 Å².